The van der Waals surface area contributed by atoms with E-state index in [0.717, 1.165) is 17.0 Å². The molecule has 3 aromatic rings. The Kier molecular flexibility index (Phi) is 3.58. The molecule has 0 saturated carbocycles. The lowest BCUT2D eigenvalue weighted by atomic mass is 10.2. The molecule has 108 valence electrons. The molecule has 2 N–H and O–H groups in total. The monoisotopic (exact) mass is 289 g/mol. The number of nitrogens with two attached hydrogens (primary N) is 1. The summed E-state index contributed by atoms with van der Waals surface area (Å²) in [6.45, 7) is -0.0137. The molecule has 2 aromatic carbocycles. The molecule has 0 aliphatic heterocycles. The molecule has 3 rings (SSSR count). The van der Waals surface area contributed by atoms with E-state index in [9.17, 15) is 8.78 Å². The number of hydrogen-bond acceptors (Lipinski definition) is 3. The van der Waals surface area contributed by atoms with Gasteiger partial charge in [0, 0.05) is 5.39 Å². The van der Waals surface area contributed by atoms with Gasteiger partial charge in [0.15, 0.2) is 11.6 Å². The van der Waals surface area contributed by atoms with Gasteiger partial charge in [0.2, 0.25) is 5.82 Å². The van der Waals surface area contributed by atoms with Crippen LogP contribution in [0.1, 0.15) is 11.8 Å². The molecule has 0 aliphatic rings. The first-order chi connectivity index (χ1) is 10.1. The molecule has 0 radical (unpaired) electrons. The molecular formula is C16H13F2NO2. The highest BCUT2D eigenvalue weighted by molar-refractivity contribution is 5.77. The molecule has 1 unspecified atom stereocenters. The van der Waals surface area contributed by atoms with Gasteiger partial charge in [0.1, 0.15) is 18.0 Å². The second-order valence-electron chi connectivity index (χ2n) is 4.66. The summed E-state index contributed by atoms with van der Waals surface area (Å²) in [5, 5.41) is 0.930. The van der Waals surface area contributed by atoms with E-state index in [1.165, 1.54) is 12.1 Å². The fourth-order valence-corrected chi connectivity index (χ4v) is 2.04. The molecule has 0 fully saturated rings. The van der Waals surface area contributed by atoms with Gasteiger partial charge in [-0.2, -0.15) is 4.39 Å². The predicted octanol–water partition coefficient (Wildman–Crippen LogP) is 3.79. The van der Waals surface area contributed by atoms with E-state index >= 15 is 0 Å². The minimum atomic E-state index is -1.02. The van der Waals surface area contributed by atoms with Gasteiger partial charge in [-0.15, -0.1) is 0 Å². The third-order valence-corrected chi connectivity index (χ3v) is 3.14. The summed E-state index contributed by atoms with van der Waals surface area (Å²) in [5.74, 6) is -1.60. The second kappa shape index (κ2) is 5.54. The van der Waals surface area contributed by atoms with E-state index in [1.807, 2.05) is 30.3 Å². The van der Waals surface area contributed by atoms with E-state index in [0.29, 0.717) is 5.76 Å². The lowest BCUT2D eigenvalue weighted by molar-refractivity contribution is 0.260. The third-order valence-electron chi connectivity index (χ3n) is 3.14. The van der Waals surface area contributed by atoms with Crippen LogP contribution in [0.15, 0.2) is 52.9 Å². The van der Waals surface area contributed by atoms with Gasteiger partial charge in [-0.25, -0.2) is 4.39 Å². The maximum absolute atomic E-state index is 13.5. The zero-order valence-electron chi connectivity index (χ0n) is 11.1. The van der Waals surface area contributed by atoms with Crippen molar-refractivity contribution in [2.45, 2.75) is 6.04 Å². The lowest BCUT2D eigenvalue weighted by Gasteiger charge is -2.11. The minimum Gasteiger partial charge on any atom is -0.488 e. The Morgan fingerprint density at radius 1 is 1.10 bits per heavy atom. The van der Waals surface area contributed by atoms with Crippen LogP contribution in [0.4, 0.5) is 8.78 Å². The molecule has 0 aliphatic carbocycles. The van der Waals surface area contributed by atoms with Crippen LogP contribution >= 0.6 is 0 Å². The Bertz CT molecular complexity index is 737. The second-order valence-corrected chi connectivity index (χ2v) is 4.66. The first-order valence-corrected chi connectivity index (χ1v) is 6.46. The highest BCUT2D eigenvalue weighted by atomic mass is 19.2. The molecule has 3 nitrogen and oxygen atoms in total. The van der Waals surface area contributed by atoms with E-state index < -0.39 is 17.7 Å². The first kappa shape index (κ1) is 13.6. The molecule has 0 spiro atoms. The van der Waals surface area contributed by atoms with E-state index in [-0.39, 0.29) is 12.4 Å². The van der Waals surface area contributed by atoms with Crippen molar-refractivity contribution >= 4 is 11.0 Å². The van der Waals surface area contributed by atoms with E-state index in [4.69, 9.17) is 14.9 Å². The van der Waals surface area contributed by atoms with Crippen molar-refractivity contribution in [1.29, 1.82) is 0 Å². The van der Waals surface area contributed by atoms with Gasteiger partial charge in [-0.1, -0.05) is 24.3 Å². The Hall–Kier alpha value is -2.40. The number of ether oxygens (including phenoxy) is 1. The predicted molar refractivity (Wildman–Crippen MR) is 75.0 cm³/mol. The van der Waals surface area contributed by atoms with Crippen molar-refractivity contribution in [3.8, 4) is 5.75 Å². The minimum absolute atomic E-state index is 0.0137. The number of para-hydroxylation sites is 1. The summed E-state index contributed by atoms with van der Waals surface area (Å²) in [6.07, 6.45) is 0. The van der Waals surface area contributed by atoms with Gasteiger partial charge in [-0.3, -0.25) is 0 Å². The van der Waals surface area contributed by atoms with Gasteiger partial charge < -0.3 is 14.9 Å². The quantitative estimate of drug-likeness (QED) is 0.795. The fraction of sp³-hybridized carbons (Fsp3) is 0.125. The summed E-state index contributed by atoms with van der Waals surface area (Å²) >= 11 is 0. The molecule has 21 heavy (non-hydrogen) atoms. The normalized spacial score (nSPS) is 12.5. The molecule has 1 atom stereocenters. The Labute approximate surface area is 119 Å². The zero-order valence-corrected chi connectivity index (χ0v) is 11.1. The van der Waals surface area contributed by atoms with E-state index in [1.54, 1.807) is 0 Å². The first-order valence-electron chi connectivity index (χ1n) is 6.46. The molecule has 1 aromatic heterocycles. The van der Waals surface area contributed by atoms with Gasteiger partial charge >= 0.3 is 0 Å². The summed E-state index contributed by atoms with van der Waals surface area (Å²) < 4.78 is 37.3. The van der Waals surface area contributed by atoms with Crippen LogP contribution in [-0.4, -0.2) is 6.61 Å². The Balaban J connectivity index is 1.74. The SMILES string of the molecule is NC(COc1cccc(F)c1F)c1cc2ccccc2o1. The van der Waals surface area contributed by atoms with Gasteiger partial charge in [0.05, 0.1) is 6.04 Å². The highest BCUT2D eigenvalue weighted by Crippen LogP contribution is 2.24. The average molecular weight is 289 g/mol. The molecule has 0 amide bonds. The van der Waals surface area contributed by atoms with Crippen LogP contribution in [0.5, 0.6) is 5.75 Å². The number of furan rings is 1. The lowest BCUT2D eigenvalue weighted by Crippen LogP contribution is -2.18. The molecule has 0 saturated heterocycles. The Morgan fingerprint density at radius 3 is 2.71 bits per heavy atom. The maximum atomic E-state index is 13.5. The standard InChI is InChI=1S/C16H13F2NO2/c17-11-5-3-7-14(16(11)18)20-9-12(19)15-8-10-4-1-2-6-13(10)21-15/h1-8,12H,9,19H2. The number of halogens is 2. The highest BCUT2D eigenvalue weighted by Gasteiger charge is 2.15. The molecular weight excluding hydrogens is 276 g/mol. The maximum Gasteiger partial charge on any atom is 0.200 e. The van der Waals surface area contributed by atoms with Crippen molar-refractivity contribution in [3.05, 3.63) is 65.9 Å². The van der Waals surface area contributed by atoms with Crippen LogP contribution in [-0.2, 0) is 0 Å². The van der Waals surface area contributed by atoms with Crippen molar-refractivity contribution in [1.82, 2.24) is 0 Å². The average Bonchev–Trinajstić information content (AvgIpc) is 2.92. The number of fused-ring (bicyclic) bond motifs is 1. The van der Waals surface area contributed by atoms with Crippen molar-refractivity contribution in [3.63, 3.8) is 0 Å². The van der Waals surface area contributed by atoms with Crippen molar-refractivity contribution in [2.24, 2.45) is 5.73 Å². The van der Waals surface area contributed by atoms with Crippen LogP contribution in [0, 0.1) is 11.6 Å². The summed E-state index contributed by atoms with van der Waals surface area (Å²) in [5.41, 5.74) is 6.68. The summed E-state index contributed by atoms with van der Waals surface area (Å²) in [6, 6.07) is 12.5. The molecule has 1 heterocycles. The fourth-order valence-electron chi connectivity index (χ4n) is 2.04. The van der Waals surface area contributed by atoms with Crippen LogP contribution in [0.25, 0.3) is 11.0 Å². The van der Waals surface area contributed by atoms with Crippen molar-refractivity contribution in [2.75, 3.05) is 6.61 Å². The van der Waals surface area contributed by atoms with Crippen molar-refractivity contribution < 1.29 is 17.9 Å². The number of hydrogen-bond donors (Lipinski definition) is 1. The van der Waals surface area contributed by atoms with Crippen LogP contribution < -0.4 is 10.5 Å². The summed E-state index contributed by atoms with van der Waals surface area (Å²) in [4.78, 5) is 0. The molecule has 5 heteroatoms. The van der Waals surface area contributed by atoms with Crippen LogP contribution in [0.2, 0.25) is 0 Å². The van der Waals surface area contributed by atoms with Gasteiger partial charge in [0.25, 0.3) is 0 Å². The zero-order chi connectivity index (χ0) is 14.8. The topological polar surface area (TPSA) is 48.4 Å². The summed E-state index contributed by atoms with van der Waals surface area (Å²) in [7, 11) is 0. The third kappa shape index (κ3) is 2.73. The Morgan fingerprint density at radius 2 is 1.90 bits per heavy atom. The number of benzene rings is 2. The largest absolute Gasteiger partial charge is 0.488 e. The van der Waals surface area contributed by atoms with Crippen LogP contribution in [0.3, 0.4) is 0 Å². The van der Waals surface area contributed by atoms with Gasteiger partial charge in [-0.05, 0) is 24.3 Å². The number of rotatable bonds is 4. The molecule has 0 bridgehead atoms. The smallest absolute Gasteiger partial charge is 0.200 e. The van der Waals surface area contributed by atoms with E-state index in [2.05, 4.69) is 0 Å².